The molecule has 3 amide bonds. The summed E-state index contributed by atoms with van der Waals surface area (Å²) in [6.07, 6.45) is 1.84. The molecule has 1 saturated heterocycles. The first kappa shape index (κ1) is 21.6. The monoisotopic (exact) mass is 442 g/mol. The molecule has 2 heterocycles. The largest absolute Gasteiger partial charge is 0.381 e. The fourth-order valence-corrected chi connectivity index (χ4v) is 4.38. The Kier molecular flexibility index (Phi) is 6.18. The van der Waals surface area contributed by atoms with Crippen molar-refractivity contribution in [2.45, 2.75) is 24.8 Å². The van der Waals surface area contributed by atoms with Crippen LogP contribution in [0, 0.1) is 0 Å². The molecule has 0 aromatic heterocycles. The first-order chi connectivity index (χ1) is 14.9. The van der Waals surface area contributed by atoms with Gasteiger partial charge in [-0.2, -0.15) is 0 Å². The number of carbonyl (C=O) groups excluding carboxylic acids is 2. The molecule has 3 N–H and O–H groups in total. The number of nitrogens with zero attached hydrogens (tertiary/aromatic N) is 1. The Morgan fingerprint density at radius 1 is 1.16 bits per heavy atom. The van der Waals surface area contributed by atoms with Crippen molar-refractivity contribution in [2.75, 3.05) is 44.5 Å². The predicted octanol–water partition coefficient (Wildman–Crippen LogP) is 4.04. The van der Waals surface area contributed by atoms with E-state index in [0.717, 1.165) is 22.4 Å². The number of fused-ring (bicyclic) bond motifs is 2. The van der Waals surface area contributed by atoms with E-state index in [2.05, 4.69) is 22.0 Å². The number of nitrogens with one attached hydrogen (secondary N) is 3. The summed E-state index contributed by atoms with van der Waals surface area (Å²) in [5, 5.41) is 9.39. The summed E-state index contributed by atoms with van der Waals surface area (Å²) >= 11 is 6.59. The van der Waals surface area contributed by atoms with Crippen LogP contribution in [0.2, 0.25) is 5.02 Å². The smallest absolute Gasteiger partial charge is 0.319 e. The van der Waals surface area contributed by atoms with E-state index in [0.29, 0.717) is 49.7 Å². The van der Waals surface area contributed by atoms with E-state index in [1.54, 1.807) is 0 Å². The van der Waals surface area contributed by atoms with Crippen molar-refractivity contribution in [1.82, 2.24) is 10.2 Å². The van der Waals surface area contributed by atoms with Crippen LogP contribution in [0.25, 0.3) is 11.1 Å². The van der Waals surface area contributed by atoms with Crippen molar-refractivity contribution < 1.29 is 14.3 Å². The van der Waals surface area contributed by atoms with Crippen molar-refractivity contribution in [3.05, 3.63) is 47.0 Å². The van der Waals surface area contributed by atoms with Crippen molar-refractivity contribution >= 4 is 34.9 Å². The van der Waals surface area contributed by atoms with Crippen LogP contribution in [0.3, 0.4) is 0 Å². The van der Waals surface area contributed by atoms with Crippen molar-refractivity contribution in [2.24, 2.45) is 0 Å². The van der Waals surface area contributed by atoms with Crippen molar-refractivity contribution in [3.63, 3.8) is 0 Å². The Hall–Kier alpha value is -2.61. The standard InChI is InChI=1S/C23H27ClN4O3/c1-28(2)10-7-20(29)25-17-5-3-15(4-6-17)16-13-18-21(19(24)14-16)26-22(30)27-23(18)8-11-31-12-9-23/h3-6,13-14H,7-12H2,1-2H3,(H,25,29)(H2,26,27,30). The number of hydrogen-bond acceptors (Lipinski definition) is 4. The van der Waals surface area contributed by atoms with Gasteiger partial charge in [-0.15, -0.1) is 0 Å². The van der Waals surface area contributed by atoms with Crippen LogP contribution >= 0.6 is 11.6 Å². The Bertz CT molecular complexity index is 985. The van der Waals surface area contributed by atoms with E-state index in [-0.39, 0.29) is 11.9 Å². The van der Waals surface area contributed by atoms with Gasteiger partial charge in [0.25, 0.3) is 0 Å². The summed E-state index contributed by atoms with van der Waals surface area (Å²) in [6.45, 7) is 1.88. The average Bonchev–Trinajstić information content (AvgIpc) is 2.74. The number of urea groups is 1. The lowest BCUT2D eigenvalue weighted by Gasteiger charge is -2.43. The Labute approximate surface area is 187 Å². The van der Waals surface area contributed by atoms with Gasteiger partial charge in [-0.25, -0.2) is 4.79 Å². The van der Waals surface area contributed by atoms with Gasteiger partial charge in [-0.1, -0.05) is 23.7 Å². The molecule has 0 unspecified atom stereocenters. The number of amides is 3. The first-order valence-corrected chi connectivity index (χ1v) is 10.8. The highest BCUT2D eigenvalue weighted by Gasteiger charge is 2.42. The fraction of sp³-hybridized carbons (Fsp3) is 0.391. The van der Waals surface area contributed by atoms with Crippen LogP contribution < -0.4 is 16.0 Å². The minimum Gasteiger partial charge on any atom is -0.381 e. The van der Waals surface area contributed by atoms with Crippen LogP contribution in [0.1, 0.15) is 24.8 Å². The maximum atomic E-state index is 12.3. The highest BCUT2D eigenvalue weighted by Crippen LogP contribution is 2.44. The van der Waals surface area contributed by atoms with E-state index in [9.17, 15) is 9.59 Å². The maximum Gasteiger partial charge on any atom is 0.319 e. The molecule has 0 radical (unpaired) electrons. The third kappa shape index (κ3) is 4.69. The molecule has 2 aromatic carbocycles. The highest BCUT2D eigenvalue weighted by atomic mass is 35.5. The minimum absolute atomic E-state index is 0.0125. The third-order valence-corrected chi connectivity index (χ3v) is 6.13. The molecule has 2 aliphatic heterocycles. The summed E-state index contributed by atoms with van der Waals surface area (Å²) in [5.74, 6) is -0.0125. The SMILES string of the molecule is CN(C)CCC(=O)Nc1ccc(-c2cc(Cl)c3c(c2)C2(CCOCC2)NC(=O)N3)cc1. The van der Waals surface area contributed by atoms with Crippen LogP contribution in [0.4, 0.5) is 16.2 Å². The molecule has 164 valence electrons. The molecule has 2 aromatic rings. The zero-order chi connectivity index (χ0) is 22.0. The second-order valence-corrected chi connectivity index (χ2v) is 8.74. The van der Waals surface area contributed by atoms with Crippen LogP contribution in [-0.2, 0) is 15.1 Å². The Morgan fingerprint density at radius 2 is 1.87 bits per heavy atom. The first-order valence-electron chi connectivity index (χ1n) is 10.4. The lowest BCUT2D eigenvalue weighted by atomic mass is 9.79. The molecular weight excluding hydrogens is 416 g/mol. The number of benzene rings is 2. The van der Waals surface area contributed by atoms with E-state index >= 15 is 0 Å². The summed E-state index contributed by atoms with van der Waals surface area (Å²) in [6, 6.07) is 11.4. The summed E-state index contributed by atoms with van der Waals surface area (Å²) in [5.41, 5.74) is 3.87. The number of rotatable bonds is 5. The normalized spacial score (nSPS) is 17.1. The lowest BCUT2D eigenvalue weighted by molar-refractivity contribution is -0.116. The summed E-state index contributed by atoms with van der Waals surface area (Å²) in [4.78, 5) is 26.3. The van der Waals surface area contributed by atoms with Gasteiger partial charge in [0, 0.05) is 37.4 Å². The molecule has 0 aliphatic carbocycles. The van der Waals surface area contributed by atoms with Crippen LogP contribution in [0.5, 0.6) is 0 Å². The number of halogens is 1. The van der Waals surface area contributed by atoms with E-state index in [4.69, 9.17) is 16.3 Å². The molecule has 0 bridgehead atoms. The molecule has 31 heavy (non-hydrogen) atoms. The number of carbonyl (C=O) groups is 2. The van der Waals surface area contributed by atoms with E-state index in [1.807, 2.05) is 49.3 Å². The predicted molar refractivity (Wildman–Crippen MR) is 123 cm³/mol. The minimum atomic E-state index is -0.476. The van der Waals surface area contributed by atoms with E-state index in [1.165, 1.54) is 0 Å². The van der Waals surface area contributed by atoms with Gasteiger partial charge in [0.1, 0.15) is 0 Å². The number of ether oxygens (including phenoxy) is 1. The second kappa shape index (κ2) is 8.86. The molecule has 7 nitrogen and oxygen atoms in total. The molecule has 1 spiro atoms. The summed E-state index contributed by atoms with van der Waals surface area (Å²) in [7, 11) is 3.88. The van der Waals surface area contributed by atoms with E-state index < -0.39 is 5.54 Å². The van der Waals surface area contributed by atoms with Crippen LogP contribution in [0.15, 0.2) is 36.4 Å². The van der Waals surface area contributed by atoms with Crippen molar-refractivity contribution in [3.8, 4) is 11.1 Å². The van der Waals surface area contributed by atoms with Gasteiger partial charge in [-0.05, 0) is 62.3 Å². The molecule has 0 saturated carbocycles. The Morgan fingerprint density at radius 3 is 2.55 bits per heavy atom. The molecule has 8 heteroatoms. The molecule has 4 rings (SSSR count). The van der Waals surface area contributed by atoms with Gasteiger partial charge in [0.05, 0.1) is 16.2 Å². The zero-order valence-electron chi connectivity index (χ0n) is 17.8. The third-order valence-electron chi connectivity index (χ3n) is 5.83. The number of anilines is 2. The van der Waals surface area contributed by atoms with Gasteiger partial charge >= 0.3 is 6.03 Å². The topological polar surface area (TPSA) is 82.7 Å². The van der Waals surface area contributed by atoms with Gasteiger partial charge in [0.2, 0.25) is 5.91 Å². The second-order valence-electron chi connectivity index (χ2n) is 8.33. The quantitative estimate of drug-likeness (QED) is 0.652. The van der Waals surface area contributed by atoms with Crippen LogP contribution in [-0.4, -0.2) is 50.7 Å². The molecule has 1 fully saturated rings. The Balaban J connectivity index is 1.59. The summed E-state index contributed by atoms with van der Waals surface area (Å²) < 4.78 is 5.53. The maximum absolute atomic E-state index is 12.3. The van der Waals surface area contributed by atoms with Gasteiger partial charge < -0.3 is 25.6 Å². The lowest BCUT2D eigenvalue weighted by Crippen LogP contribution is -2.54. The van der Waals surface area contributed by atoms with Crippen molar-refractivity contribution in [1.29, 1.82) is 0 Å². The van der Waals surface area contributed by atoms with Gasteiger partial charge in [-0.3, -0.25) is 4.79 Å². The zero-order valence-corrected chi connectivity index (χ0v) is 18.5. The number of hydrogen-bond donors (Lipinski definition) is 3. The van der Waals surface area contributed by atoms with Gasteiger partial charge in [0.15, 0.2) is 0 Å². The highest BCUT2D eigenvalue weighted by molar-refractivity contribution is 6.34. The molecular formula is C23H27ClN4O3. The molecule has 2 aliphatic rings. The molecule has 0 atom stereocenters. The average molecular weight is 443 g/mol. The fourth-order valence-electron chi connectivity index (χ4n) is 4.12.